The van der Waals surface area contributed by atoms with E-state index in [2.05, 4.69) is 20.4 Å². The Hall–Kier alpha value is -2.75. The largest absolute Gasteiger partial charge is 0.495 e. The average molecular weight is 459 g/mol. The van der Waals surface area contributed by atoms with Crippen LogP contribution in [0.25, 0.3) is 5.69 Å². The Kier molecular flexibility index (Phi) is 7.19. The van der Waals surface area contributed by atoms with E-state index in [1.807, 2.05) is 28.8 Å². The monoisotopic (exact) mass is 458 g/mol. The second-order valence-corrected chi connectivity index (χ2v) is 9.16. The highest BCUT2D eigenvalue weighted by molar-refractivity contribution is 7.99. The SMILES string of the molecule is COc1ccccc1-n1c(SCC(=O)N(C)CC(=O)NC2CC2)nnc1N1CCCCC1. The highest BCUT2D eigenvalue weighted by atomic mass is 32.2. The van der Waals surface area contributed by atoms with Crippen molar-refractivity contribution in [3.63, 3.8) is 0 Å². The number of methoxy groups -OCH3 is 1. The Bertz CT molecular complexity index is 955. The van der Waals surface area contributed by atoms with Crippen LogP contribution in [0.4, 0.5) is 5.95 Å². The van der Waals surface area contributed by atoms with Crippen LogP contribution in [0.3, 0.4) is 0 Å². The molecule has 32 heavy (non-hydrogen) atoms. The molecule has 1 aliphatic carbocycles. The molecule has 1 saturated carbocycles. The van der Waals surface area contributed by atoms with Crippen molar-refractivity contribution in [2.45, 2.75) is 43.3 Å². The number of benzene rings is 1. The smallest absolute Gasteiger partial charge is 0.239 e. The molecule has 0 spiro atoms. The first kappa shape index (κ1) is 22.4. The molecule has 2 heterocycles. The third-order valence-electron chi connectivity index (χ3n) is 5.65. The van der Waals surface area contributed by atoms with Crippen molar-refractivity contribution >= 4 is 29.5 Å². The number of carbonyl (C=O) groups excluding carboxylic acids is 2. The molecule has 0 bridgehead atoms. The van der Waals surface area contributed by atoms with E-state index >= 15 is 0 Å². The number of likely N-dealkylation sites (N-methyl/N-ethyl adjacent to an activating group) is 1. The summed E-state index contributed by atoms with van der Waals surface area (Å²) >= 11 is 1.32. The van der Waals surface area contributed by atoms with Gasteiger partial charge in [-0.3, -0.25) is 14.2 Å². The van der Waals surface area contributed by atoms with Crippen LogP contribution in [0, 0.1) is 0 Å². The van der Waals surface area contributed by atoms with E-state index in [0.29, 0.717) is 10.9 Å². The van der Waals surface area contributed by atoms with Gasteiger partial charge in [-0.1, -0.05) is 23.9 Å². The number of carbonyl (C=O) groups is 2. The van der Waals surface area contributed by atoms with E-state index in [0.717, 1.165) is 50.4 Å². The highest BCUT2D eigenvalue weighted by Crippen LogP contribution is 2.32. The summed E-state index contributed by atoms with van der Waals surface area (Å²) in [5, 5.41) is 12.4. The van der Waals surface area contributed by atoms with Crippen LogP contribution >= 0.6 is 11.8 Å². The number of aromatic nitrogens is 3. The average Bonchev–Trinajstić information content (AvgIpc) is 3.53. The number of nitrogens with zero attached hydrogens (tertiary/aromatic N) is 5. The summed E-state index contributed by atoms with van der Waals surface area (Å²) in [6.45, 7) is 1.92. The van der Waals surface area contributed by atoms with Crippen molar-refractivity contribution in [2.24, 2.45) is 0 Å². The molecule has 1 aromatic carbocycles. The molecule has 2 amide bonds. The van der Waals surface area contributed by atoms with Crippen LogP contribution in [0.1, 0.15) is 32.1 Å². The first-order valence-electron chi connectivity index (χ1n) is 11.1. The molecule has 1 aromatic heterocycles. The first-order valence-corrected chi connectivity index (χ1v) is 12.0. The molecular formula is C22H30N6O3S. The number of hydrogen-bond donors (Lipinski definition) is 1. The van der Waals surface area contributed by atoms with Gasteiger partial charge in [0.15, 0.2) is 5.16 Å². The summed E-state index contributed by atoms with van der Waals surface area (Å²) in [6, 6.07) is 8.03. The maximum Gasteiger partial charge on any atom is 0.239 e. The molecule has 1 saturated heterocycles. The maximum atomic E-state index is 12.7. The third-order valence-corrected chi connectivity index (χ3v) is 6.57. The number of anilines is 1. The van der Waals surface area contributed by atoms with Crippen LogP contribution < -0.4 is 15.0 Å². The molecule has 4 rings (SSSR count). The zero-order valence-electron chi connectivity index (χ0n) is 18.6. The topological polar surface area (TPSA) is 92.6 Å². The van der Waals surface area contributed by atoms with E-state index in [-0.39, 0.29) is 30.2 Å². The zero-order valence-corrected chi connectivity index (χ0v) is 19.4. The molecule has 10 heteroatoms. The lowest BCUT2D eigenvalue weighted by Crippen LogP contribution is -2.39. The minimum atomic E-state index is -0.130. The summed E-state index contributed by atoms with van der Waals surface area (Å²) in [4.78, 5) is 28.4. The Labute approximate surface area is 192 Å². The fraction of sp³-hybridized carbons (Fsp3) is 0.545. The number of nitrogens with one attached hydrogen (secondary N) is 1. The number of thioether (sulfide) groups is 1. The molecule has 0 atom stereocenters. The van der Waals surface area contributed by atoms with E-state index in [9.17, 15) is 9.59 Å². The summed E-state index contributed by atoms with van der Waals surface area (Å²) < 4.78 is 7.56. The van der Waals surface area contributed by atoms with Gasteiger partial charge in [0.25, 0.3) is 0 Å². The Morgan fingerprint density at radius 3 is 2.66 bits per heavy atom. The molecule has 0 radical (unpaired) electrons. The van der Waals surface area contributed by atoms with Crippen molar-refractivity contribution in [3.8, 4) is 11.4 Å². The third kappa shape index (κ3) is 5.35. The summed E-state index contributed by atoms with van der Waals surface area (Å²) in [7, 11) is 3.29. The number of amides is 2. The van der Waals surface area contributed by atoms with Gasteiger partial charge in [0, 0.05) is 26.2 Å². The van der Waals surface area contributed by atoms with Crippen molar-refractivity contribution in [1.82, 2.24) is 25.0 Å². The molecule has 0 unspecified atom stereocenters. The van der Waals surface area contributed by atoms with Crippen molar-refractivity contribution in [2.75, 3.05) is 44.4 Å². The van der Waals surface area contributed by atoms with Gasteiger partial charge < -0.3 is 19.9 Å². The first-order chi connectivity index (χ1) is 15.6. The number of ether oxygens (including phenoxy) is 1. The molecule has 2 aliphatic rings. The van der Waals surface area contributed by atoms with Gasteiger partial charge in [0.1, 0.15) is 5.75 Å². The normalized spacial score (nSPS) is 16.0. The molecule has 2 aromatic rings. The number of rotatable bonds is 9. The predicted molar refractivity (Wildman–Crippen MR) is 124 cm³/mol. The van der Waals surface area contributed by atoms with Crippen LogP contribution in [-0.2, 0) is 9.59 Å². The van der Waals surface area contributed by atoms with E-state index in [4.69, 9.17) is 4.74 Å². The minimum absolute atomic E-state index is 0.0636. The predicted octanol–water partition coefficient (Wildman–Crippen LogP) is 2.10. The van der Waals surface area contributed by atoms with E-state index in [1.54, 1.807) is 14.2 Å². The standard InChI is InChI=1S/C22H30N6O3S/c1-26(14-19(29)23-16-10-11-16)20(30)15-32-22-25-24-21(27-12-6-3-7-13-27)28(22)17-8-4-5-9-18(17)31-2/h4-5,8-9,16H,3,6-7,10-15H2,1-2H3,(H,23,29). The number of para-hydroxylation sites is 2. The molecular weight excluding hydrogens is 428 g/mol. The van der Waals surface area contributed by atoms with Gasteiger partial charge in [-0.05, 0) is 44.2 Å². The van der Waals surface area contributed by atoms with Crippen molar-refractivity contribution < 1.29 is 14.3 Å². The molecule has 9 nitrogen and oxygen atoms in total. The summed E-state index contributed by atoms with van der Waals surface area (Å²) in [6.07, 6.45) is 5.51. The van der Waals surface area contributed by atoms with Gasteiger partial charge in [0.2, 0.25) is 17.8 Å². The van der Waals surface area contributed by atoms with Gasteiger partial charge in [-0.25, -0.2) is 0 Å². The fourth-order valence-corrected chi connectivity index (χ4v) is 4.60. The van der Waals surface area contributed by atoms with Crippen LogP contribution in [0.15, 0.2) is 29.4 Å². The maximum absolute atomic E-state index is 12.7. The summed E-state index contributed by atoms with van der Waals surface area (Å²) in [5.74, 6) is 1.41. The van der Waals surface area contributed by atoms with Crippen molar-refractivity contribution in [3.05, 3.63) is 24.3 Å². The minimum Gasteiger partial charge on any atom is -0.495 e. The number of piperidine rings is 1. The summed E-state index contributed by atoms with van der Waals surface area (Å²) in [5.41, 5.74) is 0.840. The lowest BCUT2D eigenvalue weighted by molar-refractivity contribution is -0.132. The van der Waals surface area contributed by atoms with Gasteiger partial charge in [-0.2, -0.15) is 0 Å². The van der Waals surface area contributed by atoms with Gasteiger partial charge >= 0.3 is 0 Å². The lowest BCUT2D eigenvalue weighted by atomic mass is 10.1. The second-order valence-electron chi connectivity index (χ2n) is 8.22. The number of hydrogen-bond acceptors (Lipinski definition) is 7. The quantitative estimate of drug-likeness (QED) is 0.575. The molecule has 1 aliphatic heterocycles. The van der Waals surface area contributed by atoms with Crippen LogP contribution in [-0.4, -0.2) is 77.1 Å². The molecule has 172 valence electrons. The molecule has 2 fully saturated rings. The van der Waals surface area contributed by atoms with Crippen LogP contribution in [0.5, 0.6) is 5.75 Å². The van der Waals surface area contributed by atoms with Crippen LogP contribution in [0.2, 0.25) is 0 Å². The van der Waals surface area contributed by atoms with Gasteiger partial charge in [0.05, 0.1) is 25.1 Å². The Balaban J connectivity index is 1.50. The molecule has 1 N–H and O–H groups in total. The van der Waals surface area contributed by atoms with Crippen molar-refractivity contribution in [1.29, 1.82) is 0 Å². The lowest BCUT2D eigenvalue weighted by Gasteiger charge is -2.28. The highest BCUT2D eigenvalue weighted by Gasteiger charge is 2.26. The van der Waals surface area contributed by atoms with E-state index < -0.39 is 0 Å². The van der Waals surface area contributed by atoms with E-state index in [1.165, 1.54) is 23.1 Å². The second kappa shape index (κ2) is 10.2. The van der Waals surface area contributed by atoms with Gasteiger partial charge in [-0.15, -0.1) is 10.2 Å². The Morgan fingerprint density at radius 2 is 1.94 bits per heavy atom. The Morgan fingerprint density at radius 1 is 1.19 bits per heavy atom. The zero-order chi connectivity index (χ0) is 22.5. The fourth-order valence-electron chi connectivity index (χ4n) is 3.72.